The number of aliphatic hydroxyl groups excluding tert-OH is 1. The van der Waals surface area contributed by atoms with Crippen molar-refractivity contribution in [2.75, 3.05) is 13.7 Å². The van der Waals surface area contributed by atoms with Crippen molar-refractivity contribution in [3.05, 3.63) is 0 Å². The maximum absolute atomic E-state index is 11.3. The lowest BCUT2D eigenvalue weighted by molar-refractivity contribution is -0.145. The first-order chi connectivity index (χ1) is 5.62. The van der Waals surface area contributed by atoms with E-state index >= 15 is 0 Å². The molecule has 2 heterocycles. The summed E-state index contributed by atoms with van der Waals surface area (Å²) in [6.07, 6.45) is 0. The third-order valence-corrected chi connectivity index (χ3v) is 3.77. The molecule has 2 saturated heterocycles. The maximum Gasteiger partial charge on any atom is 0.260 e. The van der Waals surface area contributed by atoms with Crippen LogP contribution >= 0.6 is 11.8 Å². The van der Waals surface area contributed by atoms with Gasteiger partial charge in [-0.1, -0.05) is 11.8 Å². The zero-order chi connectivity index (χ0) is 8.93. The molecule has 0 aliphatic carbocycles. The van der Waals surface area contributed by atoms with Crippen molar-refractivity contribution in [1.29, 1.82) is 0 Å². The average molecular weight is 188 g/mol. The van der Waals surface area contributed by atoms with Crippen molar-refractivity contribution in [3.8, 4) is 0 Å². The van der Waals surface area contributed by atoms with E-state index in [0.717, 1.165) is 0 Å². The molecule has 0 aromatic rings. The minimum absolute atomic E-state index is 0.145. The lowest BCUT2D eigenvalue weighted by Crippen LogP contribution is -2.59. The number of carbonyl (C=O) groups excluding carboxylic acids is 2. The number of amides is 2. The van der Waals surface area contributed by atoms with E-state index in [1.54, 1.807) is 0 Å². The van der Waals surface area contributed by atoms with Gasteiger partial charge in [-0.25, -0.2) is 0 Å². The maximum atomic E-state index is 11.3. The minimum atomic E-state index is -1.05. The lowest BCUT2D eigenvalue weighted by Gasteiger charge is -2.30. The van der Waals surface area contributed by atoms with Crippen LogP contribution in [0.3, 0.4) is 0 Å². The molecule has 2 aliphatic rings. The highest BCUT2D eigenvalue weighted by Crippen LogP contribution is 2.44. The Morgan fingerprint density at radius 1 is 1.75 bits per heavy atom. The number of nitrogens with one attached hydrogen (secondary N) is 1. The van der Waals surface area contributed by atoms with Crippen molar-refractivity contribution >= 4 is 23.6 Å². The summed E-state index contributed by atoms with van der Waals surface area (Å²) in [7, 11) is 1.53. The van der Waals surface area contributed by atoms with Crippen LogP contribution in [-0.4, -0.2) is 45.7 Å². The van der Waals surface area contributed by atoms with Crippen LogP contribution in [0, 0.1) is 0 Å². The smallest absolute Gasteiger partial charge is 0.260 e. The molecular weight excluding hydrogens is 180 g/mol. The molecule has 2 rings (SSSR count). The van der Waals surface area contributed by atoms with Crippen LogP contribution in [0.1, 0.15) is 0 Å². The third-order valence-electron chi connectivity index (χ3n) is 2.24. The second-order valence-electron chi connectivity index (χ2n) is 2.81. The molecule has 0 aromatic carbocycles. The molecule has 2 bridgehead atoms. The van der Waals surface area contributed by atoms with Crippen LogP contribution in [0.5, 0.6) is 0 Å². The third kappa shape index (κ3) is 0.645. The van der Waals surface area contributed by atoms with Crippen molar-refractivity contribution < 1.29 is 14.7 Å². The summed E-state index contributed by atoms with van der Waals surface area (Å²) in [5.41, 5.74) is 0. The Morgan fingerprint density at radius 2 is 2.42 bits per heavy atom. The summed E-state index contributed by atoms with van der Waals surface area (Å²) < 4.78 is 0. The van der Waals surface area contributed by atoms with Crippen LogP contribution in [0.25, 0.3) is 0 Å². The van der Waals surface area contributed by atoms with Gasteiger partial charge in [-0.05, 0) is 0 Å². The van der Waals surface area contributed by atoms with Gasteiger partial charge >= 0.3 is 0 Å². The van der Waals surface area contributed by atoms with Crippen LogP contribution in [0.4, 0.5) is 0 Å². The zero-order valence-electron chi connectivity index (χ0n) is 6.40. The van der Waals surface area contributed by atoms with Gasteiger partial charge in [0, 0.05) is 7.05 Å². The van der Waals surface area contributed by atoms with E-state index in [9.17, 15) is 9.59 Å². The number of carbonyl (C=O) groups is 2. The molecule has 0 saturated carbocycles. The van der Waals surface area contributed by atoms with Crippen LogP contribution < -0.4 is 5.32 Å². The van der Waals surface area contributed by atoms with Gasteiger partial charge in [0.05, 0.1) is 6.61 Å². The molecule has 12 heavy (non-hydrogen) atoms. The van der Waals surface area contributed by atoms with Gasteiger partial charge in [0.15, 0.2) is 10.2 Å². The van der Waals surface area contributed by atoms with Gasteiger partial charge in [-0.15, -0.1) is 0 Å². The summed E-state index contributed by atoms with van der Waals surface area (Å²) in [5.74, 6) is -0.421. The fraction of sp³-hybridized carbons (Fsp3) is 0.667. The summed E-state index contributed by atoms with van der Waals surface area (Å²) >= 11 is 1.17. The molecule has 2 aliphatic heterocycles. The van der Waals surface area contributed by atoms with E-state index in [1.165, 1.54) is 23.7 Å². The van der Waals surface area contributed by atoms with Gasteiger partial charge in [0.1, 0.15) is 0 Å². The summed E-state index contributed by atoms with van der Waals surface area (Å²) in [5, 5.41) is 11.0. The predicted octanol–water partition coefficient (Wildman–Crippen LogP) is -1.66. The van der Waals surface area contributed by atoms with Gasteiger partial charge < -0.3 is 15.3 Å². The number of piperazine rings is 1. The largest absolute Gasteiger partial charge is 0.392 e. The van der Waals surface area contributed by atoms with Gasteiger partial charge in [-0.3, -0.25) is 9.59 Å². The first kappa shape index (κ1) is 7.88. The van der Waals surface area contributed by atoms with E-state index in [0.29, 0.717) is 0 Å². The van der Waals surface area contributed by atoms with Crippen LogP contribution in [0.15, 0.2) is 0 Å². The first-order valence-electron chi connectivity index (χ1n) is 3.49. The van der Waals surface area contributed by atoms with E-state index in [2.05, 4.69) is 5.32 Å². The lowest BCUT2D eigenvalue weighted by atomic mass is 10.2. The minimum Gasteiger partial charge on any atom is -0.392 e. The Labute approximate surface area is 73.1 Å². The number of nitrogens with zero attached hydrogens (tertiary/aromatic N) is 1. The van der Waals surface area contributed by atoms with Crippen molar-refractivity contribution in [2.24, 2.45) is 0 Å². The highest BCUT2D eigenvalue weighted by molar-refractivity contribution is 8.03. The molecule has 6 heteroatoms. The van der Waals surface area contributed by atoms with Crippen LogP contribution in [-0.2, 0) is 9.59 Å². The fourth-order valence-corrected chi connectivity index (χ4v) is 2.73. The van der Waals surface area contributed by atoms with Crippen molar-refractivity contribution in [1.82, 2.24) is 10.2 Å². The molecule has 0 radical (unpaired) electrons. The molecule has 2 atom stereocenters. The molecule has 66 valence electrons. The number of hydrogen-bond donors (Lipinski definition) is 2. The highest BCUT2D eigenvalue weighted by Gasteiger charge is 2.61. The van der Waals surface area contributed by atoms with E-state index in [-0.39, 0.29) is 18.4 Å². The topological polar surface area (TPSA) is 69.6 Å². The normalized spacial score (nSPS) is 39.2. The Kier molecular flexibility index (Phi) is 1.40. The number of rotatable bonds is 1. The predicted molar refractivity (Wildman–Crippen MR) is 42.1 cm³/mol. The van der Waals surface area contributed by atoms with E-state index in [4.69, 9.17) is 5.11 Å². The van der Waals surface area contributed by atoms with Crippen LogP contribution in [0.2, 0.25) is 0 Å². The van der Waals surface area contributed by atoms with E-state index < -0.39 is 10.2 Å². The first-order valence-corrected chi connectivity index (χ1v) is 4.37. The second kappa shape index (κ2) is 2.14. The molecule has 2 N–H and O–H groups in total. The van der Waals surface area contributed by atoms with Gasteiger partial charge in [-0.2, -0.15) is 0 Å². The Morgan fingerprint density at radius 3 is 2.83 bits per heavy atom. The summed E-state index contributed by atoms with van der Waals surface area (Å²) in [6.45, 7) is -0.331. The highest BCUT2D eigenvalue weighted by atomic mass is 32.2. The molecule has 5 nitrogen and oxygen atoms in total. The molecular formula is C6H8N2O3S. The quantitative estimate of drug-likeness (QED) is 0.516. The number of thioether (sulfide) groups is 1. The van der Waals surface area contributed by atoms with Crippen molar-refractivity contribution in [3.63, 3.8) is 0 Å². The summed E-state index contributed by atoms with van der Waals surface area (Å²) in [4.78, 5) is 22.8. The van der Waals surface area contributed by atoms with Gasteiger partial charge in [0.25, 0.3) is 11.8 Å². The van der Waals surface area contributed by atoms with E-state index in [1.807, 2.05) is 0 Å². The molecule has 2 fully saturated rings. The number of aliphatic hydroxyl groups is 1. The number of likely N-dealkylation sites (N-methyl/N-ethyl adjacent to an activating group) is 1. The standard InChI is InChI=1S/C6H8N2O3S/c1-8-4(10)3-7-5(11)6(8,2-9)12-3/h3,9H,2H2,1H3,(H,7,11). The van der Waals surface area contributed by atoms with Crippen molar-refractivity contribution in [2.45, 2.75) is 10.2 Å². The molecule has 2 unspecified atom stereocenters. The monoisotopic (exact) mass is 188 g/mol. The molecule has 0 spiro atoms. The molecule has 2 amide bonds. The number of fused-ring (bicyclic) bond motifs is 2. The Balaban J connectivity index is 2.42. The summed E-state index contributed by atoms with van der Waals surface area (Å²) in [6, 6.07) is 0. The average Bonchev–Trinajstić information content (AvgIpc) is 2.50. The Hall–Kier alpha value is -0.750. The Bertz CT molecular complexity index is 270. The second-order valence-corrected chi connectivity index (χ2v) is 4.19. The molecule has 0 aromatic heterocycles. The zero-order valence-corrected chi connectivity index (χ0v) is 7.22. The van der Waals surface area contributed by atoms with Gasteiger partial charge in [0.2, 0.25) is 0 Å². The number of hydrogen-bond acceptors (Lipinski definition) is 4. The fourth-order valence-electron chi connectivity index (χ4n) is 1.42. The SMILES string of the molecule is CN1C(=O)C2NC(=O)C1(CO)S2.